The van der Waals surface area contributed by atoms with Crippen LogP contribution in [0.4, 0.5) is 0 Å². The van der Waals surface area contributed by atoms with Crippen molar-refractivity contribution in [3.8, 4) is 0 Å². The van der Waals surface area contributed by atoms with E-state index in [0.29, 0.717) is 0 Å². The van der Waals surface area contributed by atoms with Crippen molar-refractivity contribution in [2.45, 2.75) is 39.2 Å². The van der Waals surface area contributed by atoms with E-state index in [2.05, 4.69) is 15.4 Å². The zero-order valence-corrected chi connectivity index (χ0v) is 14.9. The number of fused-ring (bicyclic) bond motifs is 1. The summed E-state index contributed by atoms with van der Waals surface area (Å²) < 4.78 is 5.29. The normalized spacial score (nSPS) is 18.6. The number of thiophene rings is 1. The molecule has 2 aromatic heterocycles. The molecule has 0 unspecified atom stereocenters. The van der Waals surface area contributed by atoms with Crippen LogP contribution in [0.25, 0.3) is 0 Å². The summed E-state index contributed by atoms with van der Waals surface area (Å²) in [4.78, 5) is 18.7. The lowest BCUT2D eigenvalue weighted by Gasteiger charge is -2.34. The number of hydrogen-bond donors (Lipinski definition) is 0. The number of amides is 1. The largest absolute Gasteiger partial charge is 0.360 e. The Bertz CT molecular complexity index is 728. The summed E-state index contributed by atoms with van der Waals surface area (Å²) in [6.45, 7) is 6.06. The monoisotopic (exact) mass is 345 g/mol. The first-order valence-corrected chi connectivity index (χ1v) is 9.62. The van der Waals surface area contributed by atoms with Crippen LogP contribution in [0.15, 0.2) is 16.0 Å². The predicted molar refractivity (Wildman–Crippen MR) is 93.4 cm³/mol. The quantitative estimate of drug-likeness (QED) is 0.858. The van der Waals surface area contributed by atoms with Crippen LogP contribution in [0.5, 0.6) is 0 Å². The van der Waals surface area contributed by atoms with Gasteiger partial charge in [-0.15, -0.1) is 11.3 Å². The lowest BCUT2D eigenvalue weighted by Crippen LogP contribution is -2.48. The van der Waals surface area contributed by atoms with Gasteiger partial charge in [0.15, 0.2) is 5.76 Å². The molecule has 4 rings (SSSR count). The molecule has 1 saturated heterocycles. The Morgan fingerprint density at radius 1 is 1.25 bits per heavy atom. The van der Waals surface area contributed by atoms with E-state index in [1.807, 2.05) is 17.9 Å². The van der Waals surface area contributed by atoms with Crippen LogP contribution in [0.3, 0.4) is 0 Å². The molecule has 0 aromatic carbocycles. The van der Waals surface area contributed by atoms with Gasteiger partial charge in [0, 0.05) is 42.5 Å². The number of piperazine rings is 1. The number of rotatable bonds is 3. The number of aryl methyl sites for hydroxylation is 2. The molecule has 24 heavy (non-hydrogen) atoms. The fourth-order valence-corrected chi connectivity index (χ4v) is 4.78. The van der Waals surface area contributed by atoms with Crippen LogP contribution in [-0.2, 0) is 19.4 Å². The summed E-state index contributed by atoms with van der Waals surface area (Å²) >= 11 is 1.77. The highest BCUT2D eigenvalue weighted by Gasteiger charge is 2.27. The molecule has 3 heterocycles. The van der Waals surface area contributed by atoms with E-state index in [1.165, 1.54) is 23.3 Å². The minimum atomic E-state index is 0.226. The Labute approximate surface area is 146 Å². The molecule has 6 heteroatoms. The maximum absolute atomic E-state index is 12.9. The van der Waals surface area contributed by atoms with Crippen molar-refractivity contribution in [1.29, 1.82) is 0 Å². The van der Waals surface area contributed by atoms with Gasteiger partial charge in [0.1, 0.15) is 0 Å². The van der Waals surface area contributed by atoms with Gasteiger partial charge in [-0.25, -0.2) is 0 Å². The van der Waals surface area contributed by atoms with Gasteiger partial charge in [-0.2, -0.15) is 0 Å². The number of carbonyl (C=O) groups excluding carboxylic acids is 1. The van der Waals surface area contributed by atoms with Gasteiger partial charge < -0.3 is 9.42 Å². The van der Waals surface area contributed by atoms with Gasteiger partial charge in [-0.1, -0.05) is 5.16 Å². The molecule has 5 nitrogen and oxygen atoms in total. The zero-order valence-electron chi connectivity index (χ0n) is 14.1. The SMILES string of the molecule is Cc1cc(CN2CCN(C(=O)c3csc4c3CCCC4)CC2)on1. The van der Waals surface area contributed by atoms with Gasteiger partial charge in [0.05, 0.1) is 17.8 Å². The van der Waals surface area contributed by atoms with Crippen LogP contribution in [0, 0.1) is 6.92 Å². The first-order chi connectivity index (χ1) is 11.7. The topological polar surface area (TPSA) is 49.6 Å². The molecule has 0 bridgehead atoms. The van der Waals surface area contributed by atoms with Gasteiger partial charge in [-0.05, 0) is 38.2 Å². The smallest absolute Gasteiger partial charge is 0.255 e. The molecule has 2 aromatic rings. The highest BCUT2D eigenvalue weighted by molar-refractivity contribution is 7.10. The van der Waals surface area contributed by atoms with E-state index < -0.39 is 0 Å². The number of carbonyl (C=O) groups is 1. The maximum atomic E-state index is 12.9. The Balaban J connectivity index is 1.37. The van der Waals surface area contributed by atoms with Crippen molar-refractivity contribution in [3.63, 3.8) is 0 Å². The van der Waals surface area contributed by atoms with E-state index in [1.54, 1.807) is 11.3 Å². The van der Waals surface area contributed by atoms with Gasteiger partial charge in [-0.3, -0.25) is 9.69 Å². The first kappa shape index (κ1) is 15.8. The van der Waals surface area contributed by atoms with E-state index in [4.69, 9.17) is 4.52 Å². The number of nitrogens with zero attached hydrogens (tertiary/aromatic N) is 3. The van der Waals surface area contributed by atoms with Crippen molar-refractivity contribution >= 4 is 17.2 Å². The number of aromatic nitrogens is 1. The van der Waals surface area contributed by atoms with Crippen molar-refractivity contribution in [3.05, 3.63) is 38.9 Å². The maximum Gasteiger partial charge on any atom is 0.255 e. The average molecular weight is 345 g/mol. The molecule has 1 fully saturated rings. The molecule has 0 spiro atoms. The summed E-state index contributed by atoms with van der Waals surface area (Å²) in [5.74, 6) is 1.13. The molecule has 0 atom stereocenters. The second-order valence-corrected chi connectivity index (χ2v) is 7.73. The second-order valence-electron chi connectivity index (χ2n) is 6.76. The molecule has 2 aliphatic rings. The van der Waals surface area contributed by atoms with E-state index in [-0.39, 0.29) is 5.91 Å². The summed E-state index contributed by atoms with van der Waals surface area (Å²) in [5, 5.41) is 6.02. The molecule has 1 aliphatic carbocycles. The lowest BCUT2D eigenvalue weighted by molar-refractivity contribution is 0.0616. The van der Waals surface area contributed by atoms with Crippen molar-refractivity contribution in [2.24, 2.45) is 0 Å². The molecular formula is C18H23N3O2S. The summed E-state index contributed by atoms with van der Waals surface area (Å²) in [6, 6.07) is 1.98. The van der Waals surface area contributed by atoms with Crippen LogP contribution in [0.1, 0.15) is 45.1 Å². The van der Waals surface area contributed by atoms with Crippen molar-refractivity contribution in [2.75, 3.05) is 26.2 Å². The fourth-order valence-electron chi connectivity index (χ4n) is 3.66. The second kappa shape index (κ2) is 6.69. The third-order valence-electron chi connectivity index (χ3n) is 5.01. The van der Waals surface area contributed by atoms with E-state index in [9.17, 15) is 4.79 Å². The highest BCUT2D eigenvalue weighted by atomic mass is 32.1. The van der Waals surface area contributed by atoms with Crippen molar-refractivity contribution in [1.82, 2.24) is 15.0 Å². The minimum absolute atomic E-state index is 0.226. The summed E-state index contributed by atoms with van der Waals surface area (Å²) in [5.41, 5.74) is 3.21. The molecule has 128 valence electrons. The Hall–Kier alpha value is -1.66. The Kier molecular flexibility index (Phi) is 4.41. The highest BCUT2D eigenvalue weighted by Crippen LogP contribution is 2.31. The standard InChI is InChI=1S/C18H23N3O2S/c1-13-10-14(23-19-13)11-20-6-8-21(9-7-20)18(22)16-12-24-17-5-3-2-4-15(16)17/h10,12H,2-9,11H2,1H3. The van der Waals surface area contributed by atoms with E-state index >= 15 is 0 Å². The molecule has 0 radical (unpaired) electrons. The molecular weight excluding hydrogens is 322 g/mol. The van der Waals surface area contributed by atoms with Crippen LogP contribution >= 0.6 is 11.3 Å². The summed E-state index contributed by atoms with van der Waals surface area (Å²) in [6.07, 6.45) is 4.71. The Morgan fingerprint density at radius 3 is 2.79 bits per heavy atom. The molecule has 1 aliphatic heterocycles. The molecule has 0 saturated carbocycles. The van der Waals surface area contributed by atoms with Crippen molar-refractivity contribution < 1.29 is 9.32 Å². The fraction of sp³-hybridized carbons (Fsp3) is 0.556. The first-order valence-electron chi connectivity index (χ1n) is 8.74. The van der Waals surface area contributed by atoms with Gasteiger partial charge in [0.25, 0.3) is 5.91 Å². The zero-order chi connectivity index (χ0) is 16.5. The third-order valence-corrected chi connectivity index (χ3v) is 6.10. The van der Waals surface area contributed by atoms with Crippen LogP contribution in [0.2, 0.25) is 0 Å². The Morgan fingerprint density at radius 2 is 2.04 bits per heavy atom. The molecule has 0 N–H and O–H groups in total. The van der Waals surface area contributed by atoms with Gasteiger partial charge >= 0.3 is 0 Å². The molecule has 1 amide bonds. The summed E-state index contributed by atoms with van der Waals surface area (Å²) in [7, 11) is 0. The predicted octanol–water partition coefficient (Wildman–Crippen LogP) is 2.88. The lowest BCUT2D eigenvalue weighted by atomic mass is 9.95. The van der Waals surface area contributed by atoms with Crippen LogP contribution in [-0.4, -0.2) is 47.0 Å². The van der Waals surface area contributed by atoms with E-state index in [0.717, 1.165) is 62.6 Å². The third kappa shape index (κ3) is 3.13. The average Bonchev–Trinajstić information content (AvgIpc) is 3.21. The van der Waals surface area contributed by atoms with Crippen LogP contribution < -0.4 is 0 Å². The minimum Gasteiger partial charge on any atom is -0.360 e. The number of hydrogen-bond acceptors (Lipinski definition) is 5. The van der Waals surface area contributed by atoms with Gasteiger partial charge in [0.2, 0.25) is 0 Å².